The molecule has 150 valence electrons. The number of nitrogens with zero attached hydrogens (tertiary/aromatic N) is 2. The first-order valence-corrected chi connectivity index (χ1v) is 10.5. The number of esters is 1. The number of benzene rings is 1. The van der Waals surface area contributed by atoms with E-state index in [1.807, 2.05) is 0 Å². The minimum Gasteiger partial charge on any atom is -0.452 e. The third kappa shape index (κ3) is 4.05. The third-order valence-electron chi connectivity index (χ3n) is 6.13. The number of ether oxygens (including phenoxy) is 1. The van der Waals surface area contributed by atoms with Gasteiger partial charge in [0.25, 0.3) is 5.91 Å². The summed E-state index contributed by atoms with van der Waals surface area (Å²) < 4.78 is 10.7. The minimum absolute atomic E-state index is 0.0560. The van der Waals surface area contributed by atoms with Crippen molar-refractivity contribution in [3.63, 3.8) is 0 Å². The summed E-state index contributed by atoms with van der Waals surface area (Å²) in [7, 11) is 0. The third-order valence-corrected chi connectivity index (χ3v) is 6.13. The van der Waals surface area contributed by atoms with Crippen LogP contribution < -0.4 is 0 Å². The van der Waals surface area contributed by atoms with Crippen molar-refractivity contribution in [2.24, 2.45) is 0 Å². The normalized spacial score (nSPS) is 18.9. The fourth-order valence-corrected chi connectivity index (χ4v) is 4.75. The van der Waals surface area contributed by atoms with Crippen molar-refractivity contribution in [2.75, 3.05) is 6.61 Å². The number of rotatable bonds is 5. The van der Waals surface area contributed by atoms with Gasteiger partial charge in [0.1, 0.15) is 5.52 Å². The number of amides is 1. The van der Waals surface area contributed by atoms with Crippen LogP contribution in [0.4, 0.5) is 0 Å². The molecule has 1 heterocycles. The molecule has 0 saturated heterocycles. The molecular formula is C22H28N2O4. The maximum absolute atomic E-state index is 13.1. The fourth-order valence-electron chi connectivity index (χ4n) is 4.75. The first kappa shape index (κ1) is 19.0. The van der Waals surface area contributed by atoms with Crippen LogP contribution in [0.15, 0.2) is 29.0 Å². The van der Waals surface area contributed by atoms with Crippen molar-refractivity contribution in [2.45, 2.75) is 76.3 Å². The average Bonchev–Trinajstić information content (AvgIpc) is 3.23. The van der Waals surface area contributed by atoms with Crippen LogP contribution in [0, 0.1) is 0 Å². The Labute approximate surface area is 165 Å². The first-order chi connectivity index (χ1) is 13.7. The lowest BCUT2D eigenvalue weighted by Gasteiger charge is -2.41. The molecule has 0 unspecified atom stereocenters. The van der Waals surface area contributed by atoms with Gasteiger partial charge in [-0.05, 0) is 37.8 Å². The topological polar surface area (TPSA) is 72.6 Å². The zero-order valence-electron chi connectivity index (χ0n) is 16.3. The van der Waals surface area contributed by atoms with Gasteiger partial charge in [-0.15, -0.1) is 0 Å². The van der Waals surface area contributed by atoms with Gasteiger partial charge in [-0.25, -0.2) is 9.78 Å². The van der Waals surface area contributed by atoms with Crippen LogP contribution in [0.1, 0.15) is 74.6 Å². The Kier molecular flexibility index (Phi) is 5.93. The Morgan fingerprint density at radius 3 is 2.29 bits per heavy atom. The van der Waals surface area contributed by atoms with Crippen LogP contribution in [-0.4, -0.2) is 40.5 Å². The molecule has 6 heteroatoms. The highest BCUT2D eigenvalue weighted by molar-refractivity contribution is 6.01. The molecule has 2 fully saturated rings. The SMILES string of the molecule is O=C(OCC(=O)N(C1CCCCC1)C1CCCCC1)c1cccc2ocnc12. The van der Waals surface area contributed by atoms with Gasteiger partial charge in [0, 0.05) is 12.1 Å². The van der Waals surface area contributed by atoms with Gasteiger partial charge in [-0.3, -0.25) is 4.79 Å². The number of hydrogen-bond acceptors (Lipinski definition) is 5. The lowest BCUT2D eigenvalue weighted by molar-refractivity contribution is -0.141. The number of oxazole rings is 1. The van der Waals surface area contributed by atoms with E-state index in [4.69, 9.17) is 9.15 Å². The Morgan fingerprint density at radius 1 is 1.00 bits per heavy atom. The van der Waals surface area contributed by atoms with E-state index in [0.29, 0.717) is 28.7 Å². The van der Waals surface area contributed by atoms with Crippen LogP contribution in [-0.2, 0) is 9.53 Å². The molecule has 0 aliphatic heterocycles. The monoisotopic (exact) mass is 384 g/mol. The zero-order chi connectivity index (χ0) is 19.3. The van der Waals surface area contributed by atoms with Gasteiger partial charge in [0.15, 0.2) is 18.6 Å². The largest absolute Gasteiger partial charge is 0.452 e. The van der Waals surface area contributed by atoms with Crippen LogP contribution in [0.2, 0.25) is 0 Å². The summed E-state index contributed by atoms with van der Waals surface area (Å²) in [5.41, 5.74) is 1.34. The number of para-hydroxylation sites is 1. The van der Waals surface area contributed by atoms with Crippen molar-refractivity contribution in [1.82, 2.24) is 9.88 Å². The summed E-state index contributed by atoms with van der Waals surface area (Å²) in [5, 5.41) is 0. The van der Waals surface area contributed by atoms with E-state index in [2.05, 4.69) is 9.88 Å². The van der Waals surface area contributed by atoms with Crippen LogP contribution in [0.25, 0.3) is 11.1 Å². The lowest BCUT2D eigenvalue weighted by atomic mass is 9.88. The molecule has 1 aromatic heterocycles. The lowest BCUT2D eigenvalue weighted by Crippen LogP contribution is -2.50. The van der Waals surface area contributed by atoms with E-state index in [0.717, 1.165) is 25.7 Å². The Hall–Kier alpha value is -2.37. The molecule has 0 spiro atoms. The number of carbonyl (C=O) groups excluding carboxylic acids is 2. The number of hydrogen-bond donors (Lipinski definition) is 0. The summed E-state index contributed by atoms with van der Waals surface area (Å²) in [4.78, 5) is 31.8. The van der Waals surface area contributed by atoms with Gasteiger partial charge in [-0.2, -0.15) is 0 Å². The molecular weight excluding hydrogens is 356 g/mol. The fraction of sp³-hybridized carbons (Fsp3) is 0.591. The van der Waals surface area contributed by atoms with E-state index in [9.17, 15) is 9.59 Å². The van der Waals surface area contributed by atoms with Crippen molar-refractivity contribution in [1.29, 1.82) is 0 Å². The van der Waals surface area contributed by atoms with Crippen molar-refractivity contribution < 1.29 is 18.7 Å². The van der Waals surface area contributed by atoms with E-state index in [1.165, 1.54) is 44.9 Å². The number of aromatic nitrogens is 1. The predicted molar refractivity (Wildman–Crippen MR) is 105 cm³/mol. The summed E-state index contributed by atoms with van der Waals surface area (Å²) in [6.45, 7) is -0.208. The summed E-state index contributed by atoms with van der Waals surface area (Å²) in [6.07, 6.45) is 12.8. The molecule has 2 aromatic rings. The molecule has 1 amide bonds. The average molecular weight is 384 g/mol. The summed E-state index contributed by atoms with van der Waals surface area (Å²) >= 11 is 0. The van der Waals surface area contributed by atoms with Gasteiger partial charge in [0.05, 0.1) is 5.56 Å². The van der Waals surface area contributed by atoms with E-state index < -0.39 is 5.97 Å². The van der Waals surface area contributed by atoms with E-state index in [-0.39, 0.29) is 12.5 Å². The second-order valence-corrected chi connectivity index (χ2v) is 7.97. The Bertz CT molecular complexity index is 801. The maximum Gasteiger partial charge on any atom is 0.340 e. The highest BCUT2D eigenvalue weighted by Gasteiger charge is 2.33. The smallest absolute Gasteiger partial charge is 0.340 e. The van der Waals surface area contributed by atoms with Crippen LogP contribution in [0.3, 0.4) is 0 Å². The molecule has 2 aliphatic rings. The zero-order valence-corrected chi connectivity index (χ0v) is 16.3. The molecule has 0 atom stereocenters. The maximum atomic E-state index is 13.1. The highest BCUT2D eigenvalue weighted by atomic mass is 16.5. The van der Waals surface area contributed by atoms with Gasteiger partial charge in [0.2, 0.25) is 0 Å². The second kappa shape index (κ2) is 8.76. The molecule has 0 bridgehead atoms. The highest BCUT2D eigenvalue weighted by Crippen LogP contribution is 2.30. The van der Waals surface area contributed by atoms with Crippen molar-refractivity contribution in [3.05, 3.63) is 30.2 Å². The molecule has 4 rings (SSSR count). The van der Waals surface area contributed by atoms with E-state index >= 15 is 0 Å². The molecule has 6 nitrogen and oxygen atoms in total. The van der Waals surface area contributed by atoms with Gasteiger partial charge >= 0.3 is 5.97 Å². The van der Waals surface area contributed by atoms with Crippen molar-refractivity contribution in [3.8, 4) is 0 Å². The summed E-state index contributed by atoms with van der Waals surface area (Å²) in [5.74, 6) is -0.584. The molecule has 2 aliphatic carbocycles. The second-order valence-electron chi connectivity index (χ2n) is 7.97. The number of fused-ring (bicyclic) bond motifs is 1. The standard InChI is InChI=1S/C22H28N2O4/c25-20(14-27-22(26)18-12-7-13-19-21(18)23-15-28-19)24(16-8-3-1-4-9-16)17-10-5-2-6-11-17/h7,12-13,15-17H,1-6,8-11,14H2. The Morgan fingerprint density at radius 2 is 1.64 bits per heavy atom. The van der Waals surface area contributed by atoms with Gasteiger partial charge < -0.3 is 14.1 Å². The van der Waals surface area contributed by atoms with Crippen LogP contribution >= 0.6 is 0 Å². The van der Waals surface area contributed by atoms with Gasteiger partial charge in [-0.1, -0.05) is 44.6 Å². The molecule has 0 N–H and O–H groups in total. The van der Waals surface area contributed by atoms with E-state index in [1.54, 1.807) is 18.2 Å². The molecule has 1 aromatic carbocycles. The van der Waals surface area contributed by atoms with Crippen molar-refractivity contribution >= 4 is 23.0 Å². The summed E-state index contributed by atoms with van der Waals surface area (Å²) in [6, 6.07) is 5.71. The number of carbonyl (C=O) groups is 2. The first-order valence-electron chi connectivity index (χ1n) is 10.5. The quantitative estimate of drug-likeness (QED) is 0.711. The molecule has 28 heavy (non-hydrogen) atoms. The molecule has 2 saturated carbocycles. The van der Waals surface area contributed by atoms with Crippen LogP contribution in [0.5, 0.6) is 0 Å². The minimum atomic E-state index is -0.528. The predicted octanol–water partition coefficient (Wildman–Crippen LogP) is 4.48. The molecule has 0 radical (unpaired) electrons. The Balaban J connectivity index is 1.44.